The fourth-order valence-corrected chi connectivity index (χ4v) is 1.63. The lowest BCUT2D eigenvalue weighted by Crippen LogP contribution is -2.08. The van der Waals surface area contributed by atoms with Crippen LogP contribution in [0.2, 0.25) is 0 Å². The van der Waals surface area contributed by atoms with Gasteiger partial charge in [-0.05, 0) is 14.0 Å². The van der Waals surface area contributed by atoms with Gasteiger partial charge in [0.2, 0.25) is 0 Å². The summed E-state index contributed by atoms with van der Waals surface area (Å²) in [6.07, 6.45) is 3.79. The lowest BCUT2D eigenvalue weighted by atomic mass is 10.2. The normalized spacial score (nSPS) is 10.9. The molecule has 2 aromatic rings. The van der Waals surface area contributed by atoms with E-state index in [0.29, 0.717) is 6.54 Å². The third kappa shape index (κ3) is 2.11. The highest BCUT2D eigenvalue weighted by molar-refractivity contribution is 5.16. The van der Waals surface area contributed by atoms with E-state index in [1.54, 1.807) is 4.68 Å². The molecule has 0 saturated carbocycles. The summed E-state index contributed by atoms with van der Waals surface area (Å²) in [5.41, 5.74) is 3.30. The maximum absolute atomic E-state index is 4.34. The van der Waals surface area contributed by atoms with Gasteiger partial charge in [0.25, 0.3) is 0 Å². The first-order valence-electron chi connectivity index (χ1n) is 5.22. The number of hydrogen-bond donors (Lipinski definition) is 1. The predicted octanol–water partition coefficient (Wildman–Crippen LogP) is 0.0877. The van der Waals surface area contributed by atoms with Crippen molar-refractivity contribution in [3.05, 3.63) is 29.3 Å². The number of aryl methyl sites for hydroxylation is 1. The van der Waals surface area contributed by atoms with E-state index in [1.165, 1.54) is 11.3 Å². The Morgan fingerprint density at radius 3 is 2.88 bits per heavy atom. The van der Waals surface area contributed by atoms with Crippen LogP contribution in [0.1, 0.15) is 17.0 Å². The zero-order chi connectivity index (χ0) is 11.5. The summed E-state index contributed by atoms with van der Waals surface area (Å²) in [7, 11) is 3.79. The van der Waals surface area contributed by atoms with E-state index in [0.717, 1.165) is 12.2 Å². The van der Waals surface area contributed by atoms with Crippen molar-refractivity contribution in [3.8, 4) is 0 Å². The van der Waals surface area contributed by atoms with Crippen LogP contribution in [0.15, 0.2) is 12.4 Å². The maximum Gasteiger partial charge on any atom is 0.104 e. The first kappa shape index (κ1) is 10.8. The van der Waals surface area contributed by atoms with Crippen molar-refractivity contribution in [1.29, 1.82) is 0 Å². The molecule has 0 aliphatic rings. The van der Waals surface area contributed by atoms with Crippen LogP contribution < -0.4 is 5.32 Å². The lowest BCUT2D eigenvalue weighted by Gasteiger charge is -2.02. The fourth-order valence-electron chi connectivity index (χ4n) is 1.63. The monoisotopic (exact) mass is 220 g/mol. The Morgan fingerprint density at radius 1 is 1.44 bits per heavy atom. The van der Waals surface area contributed by atoms with Gasteiger partial charge in [0.1, 0.15) is 5.69 Å². The Bertz CT molecular complexity index is 469. The van der Waals surface area contributed by atoms with Gasteiger partial charge in [-0.3, -0.25) is 9.36 Å². The average molecular weight is 220 g/mol. The summed E-state index contributed by atoms with van der Waals surface area (Å²) in [6, 6.07) is 0. The minimum Gasteiger partial charge on any atom is -0.316 e. The van der Waals surface area contributed by atoms with Gasteiger partial charge in [0.15, 0.2) is 0 Å². The molecule has 0 amide bonds. The molecule has 0 saturated heterocycles. The molecular weight excluding hydrogens is 204 g/mol. The molecule has 0 unspecified atom stereocenters. The summed E-state index contributed by atoms with van der Waals surface area (Å²) in [4.78, 5) is 0. The second-order valence-electron chi connectivity index (χ2n) is 3.83. The second kappa shape index (κ2) is 4.44. The molecule has 0 bridgehead atoms. The molecule has 0 atom stereocenters. The minimum absolute atomic E-state index is 0.670. The van der Waals surface area contributed by atoms with Crippen molar-refractivity contribution in [3.63, 3.8) is 0 Å². The molecule has 0 fully saturated rings. The Labute approximate surface area is 94.3 Å². The van der Waals surface area contributed by atoms with Gasteiger partial charge in [0, 0.05) is 31.0 Å². The number of aromatic nitrogens is 5. The molecule has 0 radical (unpaired) electrons. The fraction of sp³-hybridized carbons (Fsp3) is 0.500. The van der Waals surface area contributed by atoms with E-state index in [4.69, 9.17) is 0 Å². The van der Waals surface area contributed by atoms with Crippen LogP contribution in [0.25, 0.3) is 0 Å². The first-order valence-corrected chi connectivity index (χ1v) is 5.22. The molecule has 0 spiro atoms. The summed E-state index contributed by atoms with van der Waals surface area (Å²) < 4.78 is 3.64. The largest absolute Gasteiger partial charge is 0.316 e. The van der Waals surface area contributed by atoms with Crippen LogP contribution in [-0.2, 0) is 20.1 Å². The predicted molar refractivity (Wildman–Crippen MR) is 59.8 cm³/mol. The Kier molecular flexibility index (Phi) is 3.00. The van der Waals surface area contributed by atoms with Crippen LogP contribution in [0.3, 0.4) is 0 Å². The molecule has 2 rings (SSSR count). The number of nitrogens with zero attached hydrogens (tertiary/aromatic N) is 5. The molecular formula is C10H16N6. The average Bonchev–Trinajstić information content (AvgIpc) is 2.80. The van der Waals surface area contributed by atoms with Crippen LogP contribution in [0.4, 0.5) is 0 Å². The third-order valence-electron chi connectivity index (χ3n) is 2.53. The quantitative estimate of drug-likeness (QED) is 0.793. The topological polar surface area (TPSA) is 60.6 Å². The van der Waals surface area contributed by atoms with E-state index >= 15 is 0 Å². The Morgan fingerprint density at radius 2 is 2.25 bits per heavy atom. The van der Waals surface area contributed by atoms with Gasteiger partial charge in [-0.15, -0.1) is 5.10 Å². The third-order valence-corrected chi connectivity index (χ3v) is 2.53. The molecule has 86 valence electrons. The number of rotatable bonds is 4. The van der Waals surface area contributed by atoms with Crippen LogP contribution >= 0.6 is 0 Å². The zero-order valence-corrected chi connectivity index (χ0v) is 9.80. The molecule has 0 aliphatic carbocycles. The van der Waals surface area contributed by atoms with E-state index in [2.05, 4.69) is 27.7 Å². The highest BCUT2D eigenvalue weighted by Gasteiger charge is 2.07. The molecule has 2 heterocycles. The minimum atomic E-state index is 0.670. The summed E-state index contributed by atoms with van der Waals surface area (Å²) in [5, 5.41) is 15.4. The molecule has 0 aliphatic heterocycles. The molecule has 6 nitrogen and oxygen atoms in total. The van der Waals surface area contributed by atoms with Crippen molar-refractivity contribution in [1.82, 2.24) is 30.1 Å². The van der Waals surface area contributed by atoms with Crippen LogP contribution in [-0.4, -0.2) is 31.8 Å². The Hall–Kier alpha value is -1.69. The van der Waals surface area contributed by atoms with Crippen molar-refractivity contribution < 1.29 is 0 Å². The lowest BCUT2D eigenvalue weighted by molar-refractivity contribution is 0.646. The smallest absolute Gasteiger partial charge is 0.104 e. The summed E-state index contributed by atoms with van der Waals surface area (Å²) >= 11 is 0. The summed E-state index contributed by atoms with van der Waals surface area (Å²) in [5.74, 6) is 0. The van der Waals surface area contributed by atoms with Gasteiger partial charge in [-0.1, -0.05) is 5.21 Å². The summed E-state index contributed by atoms with van der Waals surface area (Å²) in [6.45, 7) is 3.58. The number of nitrogens with one attached hydrogen (secondary N) is 1. The van der Waals surface area contributed by atoms with Crippen LogP contribution in [0, 0.1) is 6.92 Å². The van der Waals surface area contributed by atoms with Crippen molar-refractivity contribution in [2.45, 2.75) is 20.0 Å². The van der Waals surface area contributed by atoms with Gasteiger partial charge in [0.05, 0.1) is 12.7 Å². The number of hydrogen-bond acceptors (Lipinski definition) is 4. The van der Waals surface area contributed by atoms with Crippen molar-refractivity contribution >= 4 is 0 Å². The molecule has 6 heteroatoms. The van der Waals surface area contributed by atoms with Gasteiger partial charge in [-0.25, -0.2) is 0 Å². The molecule has 2 aromatic heterocycles. The van der Waals surface area contributed by atoms with Gasteiger partial charge in [-0.2, -0.15) is 5.10 Å². The standard InChI is InChI=1S/C10H16N6/c1-8-9(4-11-2)5-12-16(8)7-10-6-15(3)14-13-10/h5-6,11H,4,7H2,1-3H3. The molecule has 1 N–H and O–H groups in total. The second-order valence-corrected chi connectivity index (χ2v) is 3.83. The Balaban J connectivity index is 2.15. The van der Waals surface area contributed by atoms with Crippen molar-refractivity contribution in [2.24, 2.45) is 7.05 Å². The van der Waals surface area contributed by atoms with Crippen molar-refractivity contribution in [2.75, 3.05) is 7.05 Å². The van der Waals surface area contributed by atoms with Crippen LogP contribution in [0.5, 0.6) is 0 Å². The van der Waals surface area contributed by atoms with E-state index in [1.807, 2.05) is 31.2 Å². The highest BCUT2D eigenvalue weighted by atomic mass is 15.4. The zero-order valence-electron chi connectivity index (χ0n) is 9.80. The van der Waals surface area contributed by atoms with E-state index < -0.39 is 0 Å². The van der Waals surface area contributed by atoms with E-state index in [9.17, 15) is 0 Å². The highest BCUT2D eigenvalue weighted by Crippen LogP contribution is 2.08. The maximum atomic E-state index is 4.34. The van der Waals surface area contributed by atoms with Gasteiger partial charge < -0.3 is 5.32 Å². The van der Waals surface area contributed by atoms with Gasteiger partial charge >= 0.3 is 0 Å². The molecule has 16 heavy (non-hydrogen) atoms. The molecule has 0 aromatic carbocycles. The SMILES string of the molecule is CNCc1cnn(Cc2cn(C)nn2)c1C. The van der Waals surface area contributed by atoms with E-state index in [-0.39, 0.29) is 0 Å². The first-order chi connectivity index (χ1) is 7.70.